The van der Waals surface area contributed by atoms with Gasteiger partial charge in [-0.25, -0.2) is 9.97 Å². The number of nitrogens with one attached hydrogen (secondary N) is 1. The Morgan fingerprint density at radius 2 is 2.27 bits per heavy atom. The van der Waals surface area contributed by atoms with Crippen LogP contribution < -0.4 is 10.1 Å². The van der Waals surface area contributed by atoms with E-state index in [4.69, 9.17) is 4.74 Å². The minimum atomic E-state index is 0.634. The third kappa shape index (κ3) is 4.69. The first-order valence-electron chi connectivity index (χ1n) is 4.65. The molecule has 0 unspecified atom stereocenters. The van der Waals surface area contributed by atoms with Crippen LogP contribution in [0.1, 0.15) is 0 Å². The summed E-state index contributed by atoms with van der Waals surface area (Å²) < 4.78 is 4.96. The molecule has 0 atom stereocenters. The van der Waals surface area contributed by atoms with E-state index in [1.807, 2.05) is 17.8 Å². The fourth-order valence-electron chi connectivity index (χ4n) is 0.915. The second-order valence-electron chi connectivity index (χ2n) is 2.74. The van der Waals surface area contributed by atoms with E-state index in [9.17, 15) is 0 Å². The van der Waals surface area contributed by atoms with Gasteiger partial charge in [-0.05, 0) is 0 Å². The fraction of sp³-hybridized carbons (Fsp3) is 0.400. The zero-order valence-electron chi connectivity index (χ0n) is 8.77. The third-order valence-electron chi connectivity index (χ3n) is 1.63. The first-order chi connectivity index (χ1) is 7.36. The van der Waals surface area contributed by atoms with Gasteiger partial charge in [-0.15, -0.1) is 6.58 Å². The fourth-order valence-corrected chi connectivity index (χ4v) is 1.49. The van der Waals surface area contributed by atoms with Gasteiger partial charge < -0.3 is 10.1 Å². The van der Waals surface area contributed by atoms with Crippen molar-refractivity contribution in [3.8, 4) is 5.75 Å². The van der Waals surface area contributed by atoms with Gasteiger partial charge in [-0.2, -0.15) is 11.8 Å². The number of nitrogens with zero attached hydrogens (tertiary/aromatic N) is 2. The van der Waals surface area contributed by atoms with Crippen molar-refractivity contribution in [1.29, 1.82) is 0 Å². The Balaban J connectivity index is 2.22. The summed E-state index contributed by atoms with van der Waals surface area (Å²) in [5.74, 6) is 3.30. The van der Waals surface area contributed by atoms with Crippen molar-refractivity contribution in [2.75, 3.05) is 30.5 Å². The molecule has 82 valence electrons. The predicted octanol–water partition coefficient (Wildman–Crippen LogP) is 1.82. The molecule has 1 aromatic rings. The van der Waals surface area contributed by atoms with Gasteiger partial charge in [0, 0.05) is 18.1 Å². The van der Waals surface area contributed by atoms with Gasteiger partial charge in [0.2, 0.25) is 5.95 Å². The summed E-state index contributed by atoms with van der Waals surface area (Å²) in [4.78, 5) is 8.18. The van der Waals surface area contributed by atoms with E-state index in [1.54, 1.807) is 19.5 Å². The van der Waals surface area contributed by atoms with Gasteiger partial charge >= 0.3 is 0 Å². The second kappa shape index (κ2) is 7.11. The maximum Gasteiger partial charge on any atom is 0.222 e. The molecule has 0 aliphatic heterocycles. The zero-order valence-corrected chi connectivity index (χ0v) is 9.59. The number of anilines is 1. The minimum Gasteiger partial charge on any atom is -0.494 e. The highest BCUT2D eigenvalue weighted by atomic mass is 32.2. The molecule has 0 fully saturated rings. The molecular formula is C10H15N3OS. The van der Waals surface area contributed by atoms with Crippen LogP contribution in [0.25, 0.3) is 0 Å². The molecule has 0 bridgehead atoms. The van der Waals surface area contributed by atoms with Crippen LogP contribution >= 0.6 is 11.8 Å². The highest BCUT2D eigenvalue weighted by Crippen LogP contribution is 2.07. The number of rotatable bonds is 7. The van der Waals surface area contributed by atoms with E-state index >= 15 is 0 Å². The molecule has 0 aliphatic carbocycles. The Bertz CT molecular complexity index is 289. The standard InChI is InChI=1S/C10H15N3OS/c1-3-5-15-6-4-11-10-12-7-9(14-2)8-13-10/h3,7-8H,1,4-6H2,2H3,(H,11,12,13). The summed E-state index contributed by atoms with van der Waals surface area (Å²) in [5.41, 5.74) is 0. The SMILES string of the molecule is C=CCSCCNc1ncc(OC)cn1. The van der Waals surface area contributed by atoms with Crippen molar-refractivity contribution in [3.63, 3.8) is 0 Å². The molecule has 1 heterocycles. The van der Waals surface area contributed by atoms with Crippen molar-refractivity contribution in [1.82, 2.24) is 9.97 Å². The van der Waals surface area contributed by atoms with Gasteiger partial charge in [-0.1, -0.05) is 6.08 Å². The summed E-state index contributed by atoms with van der Waals surface area (Å²) >= 11 is 1.82. The lowest BCUT2D eigenvalue weighted by atomic mass is 10.6. The Kier molecular flexibility index (Phi) is 5.62. The Morgan fingerprint density at radius 1 is 1.53 bits per heavy atom. The molecule has 0 radical (unpaired) electrons. The second-order valence-corrected chi connectivity index (χ2v) is 3.89. The summed E-state index contributed by atoms with van der Waals surface area (Å²) in [7, 11) is 1.59. The van der Waals surface area contributed by atoms with Gasteiger partial charge in [-0.3, -0.25) is 0 Å². The molecular weight excluding hydrogens is 210 g/mol. The number of thioether (sulfide) groups is 1. The minimum absolute atomic E-state index is 0.634. The van der Waals surface area contributed by atoms with Crippen LogP contribution in [0, 0.1) is 0 Å². The highest BCUT2D eigenvalue weighted by Gasteiger charge is 1.95. The number of aromatic nitrogens is 2. The number of hydrogen-bond acceptors (Lipinski definition) is 5. The molecule has 0 amide bonds. The molecule has 5 heteroatoms. The van der Waals surface area contributed by atoms with Crippen molar-refractivity contribution in [3.05, 3.63) is 25.0 Å². The number of methoxy groups -OCH3 is 1. The number of ether oxygens (including phenoxy) is 1. The monoisotopic (exact) mass is 225 g/mol. The van der Waals surface area contributed by atoms with Crippen LogP contribution in [-0.4, -0.2) is 35.1 Å². The molecule has 15 heavy (non-hydrogen) atoms. The Hall–Kier alpha value is -1.23. The van der Waals surface area contributed by atoms with Gasteiger partial charge in [0.25, 0.3) is 0 Å². The normalized spacial score (nSPS) is 9.67. The molecule has 0 aromatic carbocycles. The van der Waals surface area contributed by atoms with Crippen LogP contribution in [0.4, 0.5) is 5.95 Å². The van der Waals surface area contributed by atoms with Crippen molar-refractivity contribution in [2.24, 2.45) is 0 Å². The number of hydrogen-bond donors (Lipinski definition) is 1. The summed E-state index contributed by atoms with van der Waals surface area (Å²) in [6.07, 6.45) is 5.19. The average Bonchev–Trinajstić information content (AvgIpc) is 2.30. The lowest BCUT2D eigenvalue weighted by molar-refractivity contribution is 0.411. The molecule has 4 nitrogen and oxygen atoms in total. The lowest BCUT2D eigenvalue weighted by Crippen LogP contribution is -2.07. The van der Waals surface area contributed by atoms with Crippen LogP contribution in [0.2, 0.25) is 0 Å². The molecule has 1 aromatic heterocycles. The topological polar surface area (TPSA) is 47.0 Å². The first kappa shape index (κ1) is 11.8. The predicted molar refractivity (Wildman–Crippen MR) is 64.6 cm³/mol. The third-order valence-corrected chi connectivity index (χ3v) is 2.59. The van der Waals surface area contributed by atoms with E-state index in [0.717, 1.165) is 18.1 Å². The van der Waals surface area contributed by atoms with Gasteiger partial charge in [0.15, 0.2) is 5.75 Å². The molecule has 1 N–H and O–H groups in total. The maximum absolute atomic E-state index is 4.96. The van der Waals surface area contributed by atoms with Crippen LogP contribution in [0.5, 0.6) is 5.75 Å². The van der Waals surface area contributed by atoms with Crippen LogP contribution in [-0.2, 0) is 0 Å². The zero-order chi connectivity index (χ0) is 10.9. The summed E-state index contributed by atoms with van der Waals surface area (Å²) in [5, 5.41) is 3.12. The molecule has 0 spiro atoms. The van der Waals surface area contributed by atoms with Crippen molar-refractivity contribution in [2.45, 2.75) is 0 Å². The van der Waals surface area contributed by atoms with Gasteiger partial charge in [0.1, 0.15) is 0 Å². The molecule has 0 aliphatic rings. The molecule has 1 rings (SSSR count). The smallest absolute Gasteiger partial charge is 0.222 e. The van der Waals surface area contributed by atoms with E-state index in [-0.39, 0.29) is 0 Å². The average molecular weight is 225 g/mol. The summed E-state index contributed by atoms with van der Waals surface area (Å²) in [6, 6.07) is 0. The van der Waals surface area contributed by atoms with E-state index < -0.39 is 0 Å². The first-order valence-corrected chi connectivity index (χ1v) is 5.81. The Labute approximate surface area is 94.2 Å². The quantitative estimate of drug-likeness (QED) is 0.566. The largest absolute Gasteiger partial charge is 0.494 e. The van der Waals surface area contributed by atoms with E-state index in [2.05, 4.69) is 21.9 Å². The van der Waals surface area contributed by atoms with Crippen molar-refractivity contribution >= 4 is 17.7 Å². The van der Waals surface area contributed by atoms with E-state index in [1.165, 1.54) is 0 Å². The van der Waals surface area contributed by atoms with Crippen molar-refractivity contribution < 1.29 is 4.74 Å². The van der Waals surface area contributed by atoms with E-state index in [0.29, 0.717) is 11.7 Å². The lowest BCUT2D eigenvalue weighted by Gasteiger charge is -2.04. The Morgan fingerprint density at radius 3 is 2.87 bits per heavy atom. The molecule has 0 saturated heterocycles. The van der Waals surface area contributed by atoms with Crippen LogP contribution in [0.3, 0.4) is 0 Å². The van der Waals surface area contributed by atoms with Gasteiger partial charge in [0.05, 0.1) is 19.5 Å². The highest BCUT2D eigenvalue weighted by molar-refractivity contribution is 7.99. The maximum atomic E-state index is 4.96. The molecule has 0 saturated carbocycles. The summed E-state index contributed by atoms with van der Waals surface area (Å²) in [6.45, 7) is 4.51. The van der Waals surface area contributed by atoms with Crippen LogP contribution in [0.15, 0.2) is 25.0 Å².